The average Bonchev–Trinajstić information content (AvgIpc) is 2.47. The van der Waals surface area contributed by atoms with E-state index in [1.54, 1.807) is 12.1 Å². The summed E-state index contributed by atoms with van der Waals surface area (Å²) in [5, 5.41) is 9.29. The second kappa shape index (κ2) is 8.41. The van der Waals surface area contributed by atoms with E-state index in [1.807, 2.05) is 27.7 Å². The number of nitrogens with zero attached hydrogens (tertiary/aromatic N) is 3. The zero-order chi connectivity index (χ0) is 18.4. The Morgan fingerprint density at radius 2 is 1.28 bits per heavy atom. The first-order valence-corrected chi connectivity index (χ1v) is 7.93. The van der Waals surface area contributed by atoms with Crippen molar-refractivity contribution in [2.45, 2.75) is 46.4 Å². The van der Waals surface area contributed by atoms with Crippen molar-refractivity contribution in [3.05, 3.63) is 24.3 Å². The highest BCUT2D eigenvalue weighted by Crippen LogP contribution is 2.21. The van der Waals surface area contributed by atoms with E-state index in [1.165, 1.54) is 12.1 Å². The van der Waals surface area contributed by atoms with Gasteiger partial charge in [0.15, 0.2) is 0 Å². The number of alkyl halides is 2. The molecular formula is C16H22F2N6O. The highest BCUT2D eigenvalue weighted by Gasteiger charge is 2.09. The molecule has 0 atom stereocenters. The van der Waals surface area contributed by atoms with E-state index >= 15 is 0 Å². The molecule has 0 aliphatic carbocycles. The average molecular weight is 352 g/mol. The van der Waals surface area contributed by atoms with E-state index in [2.05, 4.69) is 35.6 Å². The zero-order valence-corrected chi connectivity index (χ0v) is 14.5. The molecule has 0 saturated carbocycles. The van der Waals surface area contributed by atoms with Gasteiger partial charge in [-0.1, -0.05) is 0 Å². The summed E-state index contributed by atoms with van der Waals surface area (Å²) in [6.45, 7) is 5.07. The lowest BCUT2D eigenvalue weighted by Crippen LogP contribution is -2.18. The van der Waals surface area contributed by atoms with Gasteiger partial charge in [0.1, 0.15) is 5.75 Å². The Labute approximate surface area is 145 Å². The van der Waals surface area contributed by atoms with Crippen molar-refractivity contribution >= 4 is 23.5 Å². The molecule has 2 rings (SSSR count). The topological polar surface area (TPSA) is 84.0 Å². The quantitative estimate of drug-likeness (QED) is 0.665. The van der Waals surface area contributed by atoms with Gasteiger partial charge in [-0.2, -0.15) is 23.7 Å². The number of rotatable bonds is 8. The summed E-state index contributed by atoms with van der Waals surface area (Å²) >= 11 is 0. The maximum Gasteiger partial charge on any atom is 0.387 e. The molecule has 2 aromatic rings. The Balaban J connectivity index is 2.18. The van der Waals surface area contributed by atoms with Gasteiger partial charge in [0.05, 0.1) is 0 Å². The molecular weight excluding hydrogens is 330 g/mol. The van der Waals surface area contributed by atoms with Crippen molar-refractivity contribution in [2.24, 2.45) is 0 Å². The van der Waals surface area contributed by atoms with Crippen LogP contribution < -0.4 is 20.7 Å². The molecule has 0 aliphatic rings. The number of halogens is 2. The summed E-state index contributed by atoms with van der Waals surface area (Å²) in [5.74, 6) is 1.30. The summed E-state index contributed by atoms with van der Waals surface area (Å²) in [4.78, 5) is 12.9. The Bertz CT molecular complexity index is 651. The van der Waals surface area contributed by atoms with Crippen molar-refractivity contribution in [1.29, 1.82) is 0 Å². The molecule has 0 saturated heterocycles. The second-order valence-electron chi connectivity index (χ2n) is 5.93. The molecule has 0 unspecified atom stereocenters. The minimum Gasteiger partial charge on any atom is -0.435 e. The van der Waals surface area contributed by atoms with Gasteiger partial charge in [0.2, 0.25) is 17.8 Å². The monoisotopic (exact) mass is 352 g/mol. The molecule has 0 aliphatic heterocycles. The van der Waals surface area contributed by atoms with Gasteiger partial charge in [-0.3, -0.25) is 0 Å². The third-order valence-corrected chi connectivity index (χ3v) is 2.81. The number of hydrogen-bond acceptors (Lipinski definition) is 7. The number of anilines is 4. The van der Waals surface area contributed by atoms with E-state index in [4.69, 9.17) is 0 Å². The Hall–Kier alpha value is -2.71. The van der Waals surface area contributed by atoms with Crippen LogP contribution in [-0.4, -0.2) is 33.6 Å². The van der Waals surface area contributed by atoms with Crippen LogP contribution in [0.3, 0.4) is 0 Å². The van der Waals surface area contributed by atoms with Crippen LogP contribution in [-0.2, 0) is 0 Å². The van der Waals surface area contributed by atoms with Gasteiger partial charge >= 0.3 is 6.61 Å². The summed E-state index contributed by atoms with van der Waals surface area (Å²) in [7, 11) is 0. The third kappa shape index (κ3) is 6.36. The predicted molar refractivity (Wildman–Crippen MR) is 93.7 cm³/mol. The Kier molecular flexibility index (Phi) is 6.26. The Morgan fingerprint density at radius 3 is 1.72 bits per heavy atom. The molecule has 25 heavy (non-hydrogen) atoms. The maximum absolute atomic E-state index is 12.2. The second-order valence-corrected chi connectivity index (χ2v) is 5.93. The van der Waals surface area contributed by atoms with Crippen LogP contribution in [0.2, 0.25) is 0 Å². The van der Waals surface area contributed by atoms with Crippen molar-refractivity contribution < 1.29 is 13.5 Å². The molecule has 3 N–H and O–H groups in total. The van der Waals surface area contributed by atoms with Gasteiger partial charge in [-0.15, -0.1) is 0 Å². The lowest BCUT2D eigenvalue weighted by molar-refractivity contribution is -0.0498. The number of benzene rings is 1. The SMILES string of the molecule is CC(C)Nc1nc(Nc2ccc(OC(F)F)cc2)nc(NC(C)C)n1. The van der Waals surface area contributed by atoms with E-state index in [-0.39, 0.29) is 17.8 Å². The molecule has 7 nitrogen and oxygen atoms in total. The largest absolute Gasteiger partial charge is 0.435 e. The number of ether oxygens (including phenoxy) is 1. The molecule has 1 heterocycles. The van der Waals surface area contributed by atoms with Crippen LogP contribution in [0.5, 0.6) is 5.75 Å². The van der Waals surface area contributed by atoms with Crippen LogP contribution in [0.25, 0.3) is 0 Å². The maximum atomic E-state index is 12.2. The van der Waals surface area contributed by atoms with Crippen LogP contribution in [0.1, 0.15) is 27.7 Å². The summed E-state index contributed by atoms with van der Waals surface area (Å²) in [6.07, 6.45) is 0. The molecule has 0 spiro atoms. The van der Waals surface area contributed by atoms with Crippen molar-refractivity contribution in [3.8, 4) is 5.75 Å². The first-order valence-electron chi connectivity index (χ1n) is 7.93. The molecule has 1 aromatic heterocycles. The van der Waals surface area contributed by atoms with E-state index in [9.17, 15) is 8.78 Å². The van der Waals surface area contributed by atoms with Crippen molar-refractivity contribution in [2.75, 3.05) is 16.0 Å². The molecule has 9 heteroatoms. The first kappa shape index (κ1) is 18.6. The molecule has 0 radical (unpaired) electrons. The number of aromatic nitrogens is 3. The van der Waals surface area contributed by atoms with Gasteiger partial charge in [-0.25, -0.2) is 0 Å². The van der Waals surface area contributed by atoms with E-state index in [0.29, 0.717) is 23.5 Å². The fraction of sp³-hybridized carbons (Fsp3) is 0.438. The number of hydrogen-bond donors (Lipinski definition) is 3. The summed E-state index contributed by atoms with van der Waals surface area (Å²) in [6, 6.07) is 6.41. The Morgan fingerprint density at radius 1 is 0.800 bits per heavy atom. The molecule has 0 bridgehead atoms. The first-order chi connectivity index (χ1) is 11.8. The summed E-state index contributed by atoms with van der Waals surface area (Å²) < 4.78 is 28.7. The molecule has 1 aromatic carbocycles. The van der Waals surface area contributed by atoms with Crippen LogP contribution >= 0.6 is 0 Å². The lowest BCUT2D eigenvalue weighted by Gasteiger charge is -2.14. The highest BCUT2D eigenvalue weighted by molar-refractivity contribution is 5.56. The van der Waals surface area contributed by atoms with Gasteiger partial charge < -0.3 is 20.7 Å². The molecule has 0 fully saturated rings. The highest BCUT2D eigenvalue weighted by atomic mass is 19.3. The van der Waals surface area contributed by atoms with Crippen molar-refractivity contribution in [3.63, 3.8) is 0 Å². The third-order valence-electron chi connectivity index (χ3n) is 2.81. The minimum atomic E-state index is -2.85. The minimum absolute atomic E-state index is 0.0838. The van der Waals surface area contributed by atoms with Crippen LogP contribution in [0.4, 0.5) is 32.3 Å². The molecule has 136 valence electrons. The van der Waals surface area contributed by atoms with Crippen LogP contribution in [0, 0.1) is 0 Å². The smallest absolute Gasteiger partial charge is 0.387 e. The number of nitrogens with one attached hydrogen (secondary N) is 3. The summed E-state index contributed by atoms with van der Waals surface area (Å²) in [5.41, 5.74) is 0.638. The van der Waals surface area contributed by atoms with Gasteiger partial charge in [-0.05, 0) is 52.0 Å². The zero-order valence-electron chi connectivity index (χ0n) is 14.5. The fourth-order valence-corrected chi connectivity index (χ4v) is 1.93. The van der Waals surface area contributed by atoms with E-state index in [0.717, 1.165) is 0 Å². The predicted octanol–water partition coefficient (Wildman–Crippen LogP) is 3.86. The normalized spacial score (nSPS) is 11.1. The standard InChI is InChI=1S/C16H22F2N6O/c1-9(2)19-14-22-15(20-10(3)4)24-16(23-14)21-11-5-7-12(8-6-11)25-13(17)18/h5-10,13H,1-4H3,(H3,19,20,21,22,23,24). The van der Waals surface area contributed by atoms with Crippen molar-refractivity contribution in [1.82, 2.24) is 15.0 Å². The van der Waals surface area contributed by atoms with Gasteiger partial charge in [0, 0.05) is 17.8 Å². The van der Waals surface area contributed by atoms with Crippen LogP contribution in [0.15, 0.2) is 24.3 Å². The fourth-order valence-electron chi connectivity index (χ4n) is 1.93. The van der Waals surface area contributed by atoms with Gasteiger partial charge in [0.25, 0.3) is 0 Å². The molecule has 0 amide bonds. The van der Waals surface area contributed by atoms with E-state index < -0.39 is 6.61 Å². The lowest BCUT2D eigenvalue weighted by atomic mass is 10.3.